The van der Waals surface area contributed by atoms with E-state index >= 15 is 0 Å². The summed E-state index contributed by atoms with van der Waals surface area (Å²) in [6.07, 6.45) is 0.677. The quantitative estimate of drug-likeness (QED) is 0.721. The van der Waals surface area contributed by atoms with Crippen LogP contribution in [0.3, 0.4) is 0 Å². The molecule has 3 atom stereocenters. The number of aliphatic hydroxyl groups excluding tert-OH is 1. The molecule has 0 saturated heterocycles. The molecule has 1 fully saturated rings. The van der Waals surface area contributed by atoms with E-state index in [0.29, 0.717) is 19.4 Å². The third-order valence-corrected chi connectivity index (χ3v) is 2.70. The molecule has 0 heterocycles. The summed E-state index contributed by atoms with van der Waals surface area (Å²) >= 11 is 0. The van der Waals surface area contributed by atoms with E-state index in [2.05, 4.69) is 0 Å². The first kappa shape index (κ1) is 15.7. The Balaban J connectivity index is 0.00000225. The molecule has 0 bridgehead atoms. The number of nitrogens with two attached hydrogens (primary N) is 1. The molecule has 96 valence electrons. The van der Waals surface area contributed by atoms with Gasteiger partial charge < -0.3 is 15.6 Å². The zero-order valence-electron chi connectivity index (χ0n) is 10.1. The lowest BCUT2D eigenvalue weighted by atomic mass is 10.0. The van der Waals surface area contributed by atoms with Crippen LogP contribution < -0.4 is 5.73 Å². The van der Waals surface area contributed by atoms with Gasteiger partial charge in [-0.1, -0.05) is 0 Å². The number of esters is 1. The topological polar surface area (TPSA) is 72.5 Å². The molecule has 0 aromatic heterocycles. The minimum absolute atomic E-state index is 0. The Morgan fingerprint density at radius 2 is 2.00 bits per heavy atom. The van der Waals surface area contributed by atoms with Crippen LogP contribution in [0.25, 0.3) is 0 Å². The summed E-state index contributed by atoms with van der Waals surface area (Å²) in [5.41, 5.74) is 5.05. The van der Waals surface area contributed by atoms with Crippen LogP contribution in [0.4, 0.5) is 0 Å². The van der Waals surface area contributed by atoms with Crippen molar-refractivity contribution in [1.29, 1.82) is 0 Å². The first-order valence-electron chi connectivity index (χ1n) is 5.44. The number of carbonyl (C=O) groups excluding carboxylic acids is 1. The summed E-state index contributed by atoms with van der Waals surface area (Å²) in [5, 5.41) is 9.62. The monoisotopic (exact) mass is 251 g/mol. The fraction of sp³-hybridized carbons (Fsp3) is 0.909. The second-order valence-electron chi connectivity index (χ2n) is 5.26. The van der Waals surface area contributed by atoms with Gasteiger partial charge >= 0.3 is 5.97 Å². The highest BCUT2D eigenvalue weighted by Crippen LogP contribution is 2.32. The van der Waals surface area contributed by atoms with Crippen molar-refractivity contribution in [3.05, 3.63) is 0 Å². The lowest BCUT2D eigenvalue weighted by molar-refractivity contribution is -0.160. The molecule has 16 heavy (non-hydrogen) atoms. The Morgan fingerprint density at radius 1 is 1.44 bits per heavy atom. The molecule has 0 aliphatic heterocycles. The van der Waals surface area contributed by atoms with Gasteiger partial charge in [-0.3, -0.25) is 4.79 Å². The number of rotatable bonds is 2. The zero-order valence-corrected chi connectivity index (χ0v) is 10.9. The van der Waals surface area contributed by atoms with E-state index in [1.807, 2.05) is 20.8 Å². The molecule has 1 rings (SSSR count). The van der Waals surface area contributed by atoms with Crippen molar-refractivity contribution in [2.45, 2.75) is 45.3 Å². The minimum atomic E-state index is -0.456. The predicted molar refractivity (Wildman–Crippen MR) is 64.4 cm³/mol. The number of hydrogen-bond acceptors (Lipinski definition) is 4. The Hall–Kier alpha value is -0.320. The van der Waals surface area contributed by atoms with Crippen LogP contribution in [0, 0.1) is 11.8 Å². The average molecular weight is 252 g/mol. The number of carbonyl (C=O) groups is 1. The lowest BCUT2D eigenvalue weighted by Gasteiger charge is -2.21. The molecule has 0 radical (unpaired) electrons. The van der Waals surface area contributed by atoms with Crippen LogP contribution in [0.1, 0.15) is 33.6 Å². The first-order valence-corrected chi connectivity index (χ1v) is 5.44. The standard InChI is InChI=1S/C11H21NO3.ClH/c1-11(2,3)15-10(14)7-4-8(6-12)9(13)5-7;/h7-9,13H,4-6,12H2,1-3H3;1H/t7-,8+,9+;/m1./s1. The van der Waals surface area contributed by atoms with Crippen LogP contribution in [0.15, 0.2) is 0 Å². The van der Waals surface area contributed by atoms with E-state index in [-0.39, 0.29) is 30.2 Å². The maximum absolute atomic E-state index is 11.7. The van der Waals surface area contributed by atoms with E-state index < -0.39 is 11.7 Å². The zero-order chi connectivity index (χ0) is 11.6. The second-order valence-corrected chi connectivity index (χ2v) is 5.26. The summed E-state index contributed by atoms with van der Waals surface area (Å²) in [6, 6.07) is 0. The molecule has 5 heteroatoms. The van der Waals surface area contributed by atoms with Crippen LogP contribution in [0.5, 0.6) is 0 Å². The fourth-order valence-corrected chi connectivity index (χ4v) is 1.93. The summed E-state index contributed by atoms with van der Waals surface area (Å²) in [5.74, 6) is -0.354. The number of ether oxygens (including phenoxy) is 1. The molecule has 1 aliphatic carbocycles. The highest BCUT2D eigenvalue weighted by Gasteiger charge is 2.38. The van der Waals surface area contributed by atoms with Crippen molar-refractivity contribution >= 4 is 18.4 Å². The molecule has 1 aliphatic rings. The van der Waals surface area contributed by atoms with Gasteiger partial charge in [0.15, 0.2) is 0 Å². The summed E-state index contributed by atoms with van der Waals surface area (Å²) in [4.78, 5) is 11.7. The maximum Gasteiger partial charge on any atom is 0.309 e. The SMILES string of the molecule is CC(C)(C)OC(=O)[C@@H]1C[C@@H](CN)[C@@H](O)C1.Cl. The smallest absolute Gasteiger partial charge is 0.309 e. The number of aliphatic hydroxyl groups is 1. The summed E-state index contributed by atoms with van der Waals surface area (Å²) < 4.78 is 5.27. The Morgan fingerprint density at radius 3 is 2.38 bits per heavy atom. The Labute approximate surface area is 103 Å². The van der Waals surface area contributed by atoms with Crippen molar-refractivity contribution in [1.82, 2.24) is 0 Å². The van der Waals surface area contributed by atoms with Crippen molar-refractivity contribution in [3.8, 4) is 0 Å². The molecule has 4 nitrogen and oxygen atoms in total. The van der Waals surface area contributed by atoms with Crippen molar-refractivity contribution in [2.24, 2.45) is 17.6 Å². The molecule has 0 aromatic carbocycles. The number of hydrogen-bond donors (Lipinski definition) is 2. The van der Waals surface area contributed by atoms with Crippen molar-refractivity contribution in [3.63, 3.8) is 0 Å². The van der Waals surface area contributed by atoms with Crippen molar-refractivity contribution in [2.75, 3.05) is 6.54 Å². The highest BCUT2D eigenvalue weighted by atomic mass is 35.5. The molecule has 0 aromatic rings. The average Bonchev–Trinajstić information content (AvgIpc) is 2.43. The molecule has 0 unspecified atom stereocenters. The fourth-order valence-electron chi connectivity index (χ4n) is 1.93. The van der Waals surface area contributed by atoms with E-state index in [9.17, 15) is 9.90 Å². The van der Waals surface area contributed by atoms with Gasteiger partial charge in [0.25, 0.3) is 0 Å². The van der Waals surface area contributed by atoms with Gasteiger partial charge in [-0.25, -0.2) is 0 Å². The van der Waals surface area contributed by atoms with E-state index in [1.165, 1.54) is 0 Å². The van der Waals surface area contributed by atoms with E-state index in [0.717, 1.165) is 0 Å². The Kier molecular flexibility index (Phi) is 5.73. The van der Waals surface area contributed by atoms with Crippen LogP contribution in [-0.4, -0.2) is 29.3 Å². The molecular formula is C11H22ClNO3. The van der Waals surface area contributed by atoms with Gasteiger partial charge in [0.1, 0.15) is 5.60 Å². The predicted octanol–water partition coefficient (Wildman–Crippen LogP) is 1.10. The van der Waals surface area contributed by atoms with E-state index in [1.54, 1.807) is 0 Å². The third-order valence-electron chi connectivity index (χ3n) is 2.70. The molecule has 1 saturated carbocycles. The van der Waals surface area contributed by atoms with Crippen LogP contribution in [0.2, 0.25) is 0 Å². The van der Waals surface area contributed by atoms with Gasteiger partial charge in [-0.2, -0.15) is 0 Å². The largest absolute Gasteiger partial charge is 0.460 e. The van der Waals surface area contributed by atoms with Gasteiger partial charge in [0.05, 0.1) is 12.0 Å². The van der Waals surface area contributed by atoms with Gasteiger partial charge in [0.2, 0.25) is 0 Å². The summed E-state index contributed by atoms with van der Waals surface area (Å²) in [6.45, 7) is 5.96. The first-order chi connectivity index (χ1) is 6.83. The Bertz CT molecular complexity index is 240. The van der Waals surface area contributed by atoms with Crippen LogP contribution >= 0.6 is 12.4 Å². The van der Waals surface area contributed by atoms with Crippen molar-refractivity contribution < 1.29 is 14.6 Å². The normalized spacial score (nSPS) is 29.7. The molecular weight excluding hydrogens is 230 g/mol. The third kappa shape index (κ3) is 4.28. The lowest BCUT2D eigenvalue weighted by Crippen LogP contribution is -2.28. The number of halogens is 1. The second kappa shape index (κ2) is 5.84. The summed E-state index contributed by atoms with van der Waals surface area (Å²) in [7, 11) is 0. The minimum Gasteiger partial charge on any atom is -0.460 e. The van der Waals surface area contributed by atoms with Gasteiger partial charge in [-0.05, 0) is 46.1 Å². The maximum atomic E-state index is 11.7. The highest BCUT2D eigenvalue weighted by molar-refractivity contribution is 5.85. The van der Waals surface area contributed by atoms with Crippen LogP contribution in [-0.2, 0) is 9.53 Å². The molecule has 0 spiro atoms. The molecule has 3 N–H and O–H groups in total. The molecule has 0 amide bonds. The van der Waals surface area contributed by atoms with E-state index in [4.69, 9.17) is 10.5 Å². The van der Waals surface area contributed by atoms with Gasteiger partial charge in [-0.15, -0.1) is 12.4 Å². The van der Waals surface area contributed by atoms with Gasteiger partial charge in [0, 0.05) is 0 Å².